The van der Waals surface area contributed by atoms with E-state index in [0.717, 1.165) is 26.2 Å². The number of rotatable bonds is 3. The highest BCUT2D eigenvalue weighted by Gasteiger charge is 2.19. The molecule has 1 aromatic heterocycles. The average Bonchev–Trinajstić information content (AvgIpc) is 2.65. The molecule has 92 valence electrons. The summed E-state index contributed by atoms with van der Waals surface area (Å²) in [5, 5.41) is 2.11. The third-order valence-electron chi connectivity index (χ3n) is 2.54. The van der Waals surface area contributed by atoms with Crippen molar-refractivity contribution in [2.24, 2.45) is 5.73 Å². The molecule has 2 rings (SSSR count). The third kappa shape index (κ3) is 3.68. The van der Waals surface area contributed by atoms with Gasteiger partial charge in [0.25, 0.3) is 0 Å². The van der Waals surface area contributed by atoms with Crippen LogP contribution in [0.2, 0.25) is 0 Å². The van der Waals surface area contributed by atoms with Gasteiger partial charge < -0.3 is 10.5 Å². The molecule has 1 fully saturated rings. The SMILES string of the molecule is Cl.NCC1CN(Cc2sccc2Br)CCO1. The Morgan fingerprint density at radius 2 is 2.44 bits per heavy atom. The molecule has 1 aromatic rings. The summed E-state index contributed by atoms with van der Waals surface area (Å²) in [4.78, 5) is 3.78. The first kappa shape index (κ1) is 14.4. The van der Waals surface area contributed by atoms with Crippen LogP contribution in [0.1, 0.15) is 4.88 Å². The molecule has 0 saturated carbocycles. The molecule has 1 aliphatic rings. The van der Waals surface area contributed by atoms with E-state index in [1.54, 1.807) is 11.3 Å². The van der Waals surface area contributed by atoms with Crippen molar-refractivity contribution in [3.8, 4) is 0 Å². The van der Waals surface area contributed by atoms with Crippen molar-refractivity contribution in [3.63, 3.8) is 0 Å². The summed E-state index contributed by atoms with van der Waals surface area (Å²) in [6, 6.07) is 2.10. The average molecular weight is 328 g/mol. The van der Waals surface area contributed by atoms with Gasteiger partial charge >= 0.3 is 0 Å². The number of nitrogens with zero attached hydrogens (tertiary/aromatic N) is 1. The van der Waals surface area contributed by atoms with Crippen LogP contribution < -0.4 is 5.73 Å². The Kier molecular flexibility index (Phi) is 6.25. The minimum absolute atomic E-state index is 0. The zero-order chi connectivity index (χ0) is 10.7. The Morgan fingerprint density at radius 1 is 1.62 bits per heavy atom. The van der Waals surface area contributed by atoms with E-state index in [9.17, 15) is 0 Å². The molecule has 0 amide bonds. The topological polar surface area (TPSA) is 38.5 Å². The molecular formula is C10H16BrClN2OS. The van der Waals surface area contributed by atoms with Gasteiger partial charge in [-0.25, -0.2) is 0 Å². The van der Waals surface area contributed by atoms with Crippen LogP contribution in [0.3, 0.4) is 0 Å². The predicted molar refractivity (Wildman–Crippen MR) is 73.3 cm³/mol. The van der Waals surface area contributed by atoms with Gasteiger partial charge in [0.2, 0.25) is 0 Å². The fourth-order valence-electron chi connectivity index (χ4n) is 1.71. The number of thiophene rings is 1. The van der Waals surface area contributed by atoms with Gasteiger partial charge in [-0.3, -0.25) is 4.90 Å². The van der Waals surface area contributed by atoms with E-state index < -0.39 is 0 Å². The zero-order valence-corrected chi connectivity index (χ0v) is 12.1. The van der Waals surface area contributed by atoms with Gasteiger partial charge in [0.05, 0.1) is 12.7 Å². The van der Waals surface area contributed by atoms with Crippen molar-refractivity contribution in [1.82, 2.24) is 4.90 Å². The normalized spacial score (nSPS) is 21.8. The summed E-state index contributed by atoms with van der Waals surface area (Å²) in [6.07, 6.45) is 0.206. The lowest BCUT2D eigenvalue weighted by Gasteiger charge is -2.32. The minimum atomic E-state index is 0. The number of nitrogens with two attached hydrogens (primary N) is 1. The molecule has 1 atom stereocenters. The predicted octanol–water partition coefficient (Wildman–Crippen LogP) is 2.09. The maximum Gasteiger partial charge on any atom is 0.0824 e. The largest absolute Gasteiger partial charge is 0.374 e. The number of morpholine rings is 1. The van der Waals surface area contributed by atoms with Gasteiger partial charge in [0.15, 0.2) is 0 Å². The summed E-state index contributed by atoms with van der Waals surface area (Å²) in [5.41, 5.74) is 5.61. The van der Waals surface area contributed by atoms with Crippen molar-refractivity contribution >= 4 is 39.7 Å². The van der Waals surface area contributed by atoms with Crippen molar-refractivity contribution in [3.05, 3.63) is 20.8 Å². The number of hydrogen-bond acceptors (Lipinski definition) is 4. The van der Waals surface area contributed by atoms with E-state index in [2.05, 4.69) is 32.3 Å². The third-order valence-corrected chi connectivity index (χ3v) is 4.46. The van der Waals surface area contributed by atoms with E-state index >= 15 is 0 Å². The van der Waals surface area contributed by atoms with Gasteiger partial charge in [-0.05, 0) is 27.4 Å². The molecule has 1 unspecified atom stereocenters. The fraction of sp³-hybridized carbons (Fsp3) is 0.600. The molecule has 1 aliphatic heterocycles. The fourth-order valence-corrected chi connectivity index (χ4v) is 3.23. The molecule has 2 N–H and O–H groups in total. The highest BCUT2D eigenvalue weighted by Crippen LogP contribution is 2.24. The van der Waals surface area contributed by atoms with Crippen LogP contribution in [0.15, 0.2) is 15.9 Å². The highest BCUT2D eigenvalue weighted by molar-refractivity contribution is 9.10. The monoisotopic (exact) mass is 326 g/mol. The quantitative estimate of drug-likeness (QED) is 0.924. The molecule has 0 aliphatic carbocycles. The standard InChI is InChI=1S/C10H15BrN2OS.ClH/c11-9-1-4-15-10(9)7-13-2-3-14-8(5-12)6-13;/h1,4,8H,2-3,5-7,12H2;1H. The first-order valence-electron chi connectivity index (χ1n) is 5.05. The van der Waals surface area contributed by atoms with Crippen LogP contribution in [-0.4, -0.2) is 37.2 Å². The summed E-state index contributed by atoms with van der Waals surface area (Å²) in [7, 11) is 0. The van der Waals surface area contributed by atoms with Crippen molar-refractivity contribution < 1.29 is 4.74 Å². The maximum atomic E-state index is 5.61. The zero-order valence-electron chi connectivity index (χ0n) is 8.89. The lowest BCUT2D eigenvalue weighted by atomic mass is 10.2. The minimum Gasteiger partial charge on any atom is -0.374 e. The van der Waals surface area contributed by atoms with Gasteiger partial charge in [-0.2, -0.15) is 0 Å². The number of hydrogen-bond donors (Lipinski definition) is 1. The molecule has 1 saturated heterocycles. The van der Waals surface area contributed by atoms with Gasteiger partial charge in [0, 0.05) is 35.5 Å². The first-order valence-corrected chi connectivity index (χ1v) is 6.72. The van der Waals surface area contributed by atoms with Crippen LogP contribution in [0, 0.1) is 0 Å². The van der Waals surface area contributed by atoms with Crippen LogP contribution >= 0.6 is 39.7 Å². The number of halogens is 2. The summed E-state index contributed by atoms with van der Waals surface area (Å²) in [5.74, 6) is 0. The second-order valence-electron chi connectivity index (χ2n) is 3.66. The van der Waals surface area contributed by atoms with E-state index in [1.807, 2.05) is 0 Å². The van der Waals surface area contributed by atoms with Gasteiger partial charge in [0.1, 0.15) is 0 Å². The second kappa shape index (κ2) is 6.93. The van der Waals surface area contributed by atoms with Crippen LogP contribution in [0.4, 0.5) is 0 Å². The lowest BCUT2D eigenvalue weighted by Crippen LogP contribution is -2.45. The van der Waals surface area contributed by atoms with Gasteiger partial charge in [-0.15, -0.1) is 23.7 Å². The van der Waals surface area contributed by atoms with E-state index in [4.69, 9.17) is 10.5 Å². The first-order chi connectivity index (χ1) is 7.29. The van der Waals surface area contributed by atoms with E-state index in [-0.39, 0.29) is 18.5 Å². The van der Waals surface area contributed by atoms with Crippen LogP contribution in [0.5, 0.6) is 0 Å². The molecule has 2 heterocycles. The molecule has 3 nitrogen and oxygen atoms in total. The Hall–Kier alpha value is 0.350. The summed E-state index contributed by atoms with van der Waals surface area (Å²) < 4.78 is 6.74. The highest BCUT2D eigenvalue weighted by atomic mass is 79.9. The Bertz CT molecular complexity index is 324. The van der Waals surface area contributed by atoms with Crippen LogP contribution in [-0.2, 0) is 11.3 Å². The Balaban J connectivity index is 0.00000128. The molecule has 0 radical (unpaired) electrons. The Labute approximate surface area is 114 Å². The van der Waals surface area contributed by atoms with E-state index in [1.165, 1.54) is 9.35 Å². The lowest BCUT2D eigenvalue weighted by molar-refractivity contribution is -0.0257. The molecular weight excluding hydrogens is 312 g/mol. The Morgan fingerprint density at radius 3 is 3.06 bits per heavy atom. The van der Waals surface area contributed by atoms with Crippen LogP contribution in [0.25, 0.3) is 0 Å². The summed E-state index contributed by atoms with van der Waals surface area (Å²) in [6.45, 7) is 4.35. The molecule has 0 spiro atoms. The molecule has 6 heteroatoms. The summed E-state index contributed by atoms with van der Waals surface area (Å²) >= 11 is 5.34. The molecule has 0 bridgehead atoms. The van der Waals surface area contributed by atoms with Crippen molar-refractivity contribution in [2.45, 2.75) is 12.6 Å². The smallest absolute Gasteiger partial charge is 0.0824 e. The number of ether oxygens (including phenoxy) is 1. The second-order valence-corrected chi connectivity index (χ2v) is 5.51. The van der Waals surface area contributed by atoms with Crippen molar-refractivity contribution in [2.75, 3.05) is 26.2 Å². The molecule has 0 aromatic carbocycles. The van der Waals surface area contributed by atoms with Crippen molar-refractivity contribution in [1.29, 1.82) is 0 Å². The van der Waals surface area contributed by atoms with Gasteiger partial charge in [-0.1, -0.05) is 0 Å². The van der Waals surface area contributed by atoms with E-state index in [0.29, 0.717) is 6.54 Å². The molecule has 16 heavy (non-hydrogen) atoms. The maximum absolute atomic E-state index is 5.61.